The van der Waals surface area contributed by atoms with E-state index in [1.54, 1.807) is 12.3 Å². The largest absolute Gasteiger partial charge is 0.493 e. The summed E-state index contributed by atoms with van der Waals surface area (Å²) in [5.41, 5.74) is 3.90. The Balaban J connectivity index is 1.94. The van der Waals surface area contributed by atoms with Gasteiger partial charge in [0.05, 0.1) is 17.7 Å². The first kappa shape index (κ1) is 23.4. The first-order valence-electron chi connectivity index (χ1n) is 11.7. The molecule has 0 bridgehead atoms. The smallest absolute Gasteiger partial charge is 0.163 e. The molecule has 0 radical (unpaired) electrons. The Bertz CT molecular complexity index is 1490. The van der Waals surface area contributed by atoms with Crippen LogP contribution >= 0.6 is 0 Å². The third kappa shape index (κ3) is 4.06. The first-order chi connectivity index (χ1) is 16.5. The molecule has 1 aromatic heterocycles. The van der Waals surface area contributed by atoms with E-state index < -0.39 is 23.3 Å². The minimum atomic E-state index is -0.955. The van der Waals surface area contributed by atoms with Crippen molar-refractivity contribution in [2.75, 3.05) is 6.61 Å². The minimum absolute atomic E-state index is 0.176. The van der Waals surface area contributed by atoms with Crippen molar-refractivity contribution in [2.45, 2.75) is 52.7 Å². The molecule has 0 N–H and O–H groups in total. The van der Waals surface area contributed by atoms with Crippen molar-refractivity contribution < 1.29 is 23.0 Å². The average molecular weight is 476 g/mol. The lowest BCUT2D eigenvalue weighted by Crippen LogP contribution is -2.27. The van der Waals surface area contributed by atoms with Crippen LogP contribution in [0.3, 0.4) is 0 Å². The van der Waals surface area contributed by atoms with Crippen LogP contribution in [-0.2, 0) is 16.0 Å². The van der Waals surface area contributed by atoms with E-state index in [-0.39, 0.29) is 5.78 Å². The van der Waals surface area contributed by atoms with E-state index in [0.717, 1.165) is 34.2 Å². The first-order valence-corrected chi connectivity index (χ1v) is 11.7. The fraction of sp³-hybridized carbons (Fsp3) is 0.310. The van der Waals surface area contributed by atoms with Gasteiger partial charge in [0.1, 0.15) is 11.9 Å². The maximum atomic E-state index is 14.6. The van der Waals surface area contributed by atoms with E-state index in [1.807, 2.05) is 45.9 Å². The number of aromatic nitrogens is 1. The summed E-state index contributed by atoms with van der Waals surface area (Å²) in [5.74, 6) is -1.31. The molecule has 0 aliphatic carbocycles. The monoisotopic (exact) mass is 475 g/mol. The number of rotatable bonds is 4. The second-order valence-electron chi connectivity index (χ2n) is 10.1. The number of benzene rings is 3. The number of hydrogen-bond donors (Lipinski definition) is 0. The summed E-state index contributed by atoms with van der Waals surface area (Å²) in [4.78, 5) is 17.6. The zero-order valence-electron chi connectivity index (χ0n) is 20.5. The predicted octanol–water partition coefficient (Wildman–Crippen LogP) is 7.02. The highest BCUT2D eigenvalue weighted by Crippen LogP contribution is 2.45. The van der Waals surface area contributed by atoms with Crippen molar-refractivity contribution in [1.82, 2.24) is 4.98 Å². The lowest BCUT2D eigenvalue weighted by Gasteiger charge is -2.30. The number of fused-ring (bicyclic) bond motifs is 1. The van der Waals surface area contributed by atoms with Gasteiger partial charge < -0.3 is 9.47 Å². The van der Waals surface area contributed by atoms with Crippen LogP contribution < -0.4 is 4.74 Å². The minimum Gasteiger partial charge on any atom is -0.493 e. The molecule has 35 heavy (non-hydrogen) atoms. The molecular weight excluding hydrogens is 448 g/mol. The Labute approximate surface area is 202 Å². The van der Waals surface area contributed by atoms with Crippen LogP contribution in [0.1, 0.15) is 50.5 Å². The van der Waals surface area contributed by atoms with Crippen LogP contribution in [0.25, 0.3) is 32.8 Å². The van der Waals surface area contributed by atoms with Gasteiger partial charge in [-0.2, -0.15) is 0 Å². The summed E-state index contributed by atoms with van der Waals surface area (Å²) >= 11 is 0. The van der Waals surface area contributed by atoms with Crippen molar-refractivity contribution in [1.29, 1.82) is 0 Å². The molecule has 3 aromatic carbocycles. The molecule has 0 fully saturated rings. The highest BCUT2D eigenvalue weighted by atomic mass is 19.2. The van der Waals surface area contributed by atoms with Crippen LogP contribution in [0.5, 0.6) is 5.75 Å². The zero-order chi connectivity index (χ0) is 25.1. The standard InChI is InChI=1S/C29H27F2NO3/c1-15-12-18-13-21(30)22(31)14-20(18)26(24(15)28(16(2)33)35-29(3,4)5)19-6-7-23-25-17(9-11-34-23)8-10-32-27(19)25/h6-8,10,12-14,28H,9,11H2,1-5H3/t28-/m1/s1. The summed E-state index contributed by atoms with van der Waals surface area (Å²) < 4.78 is 41.0. The van der Waals surface area contributed by atoms with Crippen molar-refractivity contribution in [3.63, 3.8) is 0 Å². The molecular formula is C29H27F2NO3. The second-order valence-corrected chi connectivity index (χ2v) is 10.1. The predicted molar refractivity (Wildman–Crippen MR) is 133 cm³/mol. The number of ketones is 1. The number of carbonyl (C=O) groups excluding carboxylic acids is 1. The lowest BCUT2D eigenvalue weighted by atomic mass is 9.84. The number of carbonyl (C=O) groups is 1. The average Bonchev–Trinajstić information content (AvgIpc) is 2.78. The fourth-order valence-corrected chi connectivity index (χ4v) is 4.98. The molecule has 0 spiro atoms. The molecule has 0 unspecified atom stereocenters. The molecule has 180 valence electrons. The summed E-state index contributed by atoms with van der Waals surface area (Å²) in [6.45, 7) is 9.59. The zero-order valence-corrected chi connectivity index (χ0v) is 20.5. The molecule has 5 rings (SSSR count). The van der Waals surface area contributed by atoms with Gasteiger partial charge in [-0.05, 0) is 98.0 Å². The SMILES string of the molecule is CC(=O)[C@@H](OC(C)(C)C)c1c(C)cc2cc(F)c(F)cc2c1-c1ccc2c3c(ccnc13)CCO2. The third-order valence-corrected chi connectivity index (χ3v) is 6.37. The Morgan fingerprint density at radius 3 is 2.57 bits per heavy atom. The molecule has 1 atom stereocenters. The maximum Gasteiger partial charge on any atom is 0.163 e. The summed E-state index contributed by atoms with van der Waals surface area (Å²) in [7, 11) is 0. The maximum absolute atomic E-state index is 14.6. The van der Waals surface area contributed by atoms with Gasteiger partial charge in [0.15, 0.2) is 17.4 Å². The van der Waals surface area contributed by atoms with Crippen molar-refractivity contribution >= 4 is 27.5 Å². The van der Waals surface area contributed by atoms with Crippen molar-refractivity contribution in [2.24, 2.45) is 0 Å². The molecule has 0 saturated heterocycles. The van der Waals surface area contributed by atoms with E-state index in [4.69, 9.17) is 9.47 Å². The second kappa shape index (κ2) is 8.38. The van der Waals surface area contributed by atoms with Gasteiger partial charge in [-0.1, -0.05) is 6.07 Å². The van der Waals surface area contributed by atoms with Gasteiger partial charge >= 0.3 is 0 Å². The van der Waals surface area contributed by atoms with Gasteiger partial charge in [-0.15, -0.1) is 0 Å². The van der Waals surface area contributed by atoms with Crippen LogP contribution in [0, 0.1) is 18.6 Å². The quantitative estimate of drug-likeness (QED) is 0.318. The van der Waals surface area contributed by atoms with Gasteiger partial charge in [-0.25, -0.2) is 8.78 Å². The van der Waals surface area contributed by atoms with Crippen LogP contribution in [0.15, 0.2) is 42.6 Å². The van der Waals surface area contributed by atoms with Crippen LogP contribution in [-0.4, -0.2) is 23.0 Å². The van der Waals surface area contributed by atoms with E-state index in [2.05, 4.69) is 4.98 Å². The Hall–Kier alpha value is -3.38. The van der Waals surface area contributed by atoms with E-state index in [1.165, 1.54) is 19.1 Å². The van der Waals surface area contributed by atoms with Gasteiger partial charge in [0.2, 0.25) is 0 Å². The number of nitrogens with zero attached hydrogens (tertiary/aromatic N) is 1. The topological polar surface area (TPSA) is 48.4 Å². The highest BCUT2D eigenvalue weighted by Gasteiger charge is 2.31. The van der Waals surface area contributed by atoms with E-state index in [9.17, 15) is 13.6 Å². The molecule has 0 amide bonds. The van der Waals surface area contributed by atoms with Crippen molar-refractivity contribution in [3.8, 4) is 16.9 Å². The molecule has 6 heteroatoms. The number of pyridine rings is 1. The third-order valence-electron chi connectivity index (χ3n) is 6.37. The van der Waals surface area contributed by atoms with E-state index in [0.29, 0.717) is 34.0 Å². The van der Waals surface area contributed by atoms with Gasteiger partial charge in [0, 0.05) is 23.6 Å². The molecule has 1 aliphatic rings. The number of Topliss-reactive ketones (excluding diaryl/α,β-unsaturated/α-hetero) is 1. The van der Waals surface area contributed by atoms with Crippen molar-refractivity contribution in [3.05, 3.63) is 70.9 Å². The highest BCUT2D eigenvalue weighted by molar-refractivity contribution is 6.09. The number of aryl methyl sites for hydroxylation is 1. The molecule has 4 nitrogen and oxygen atoms in total. The molecule has 0 saturated carbocycles. The van der Waals surface area contributed by atoms with E-state index >= 15 is 0 Å². The number of hydrogen-bond acceptors (Lipinski definition) is 4. The summed E-state index contributed by atoms with van der Waals surface area (Å²) in [6, 6.07) is 9.91. The number of ether oxygens (including phenoxy) is 2. The van der Waals surface area contributed by atoms with Crippen LogP contribution in [0.4, 0.5) is 8.78 Å². The Morgan fingerprint density at radius 1 is 1.11 bits per heavy atom. The van der Waals surface area contributed by atoms with Gasteiger partial charge in [-0.3, -0.25) is 9.78 Å². The molecule has 2 heterocycles. The summed E-state index contributed by atoms with van der Waals surface area (Å²) in [5, 5.41) is 1.93. The Kier molecular flexibility index (Phi) is 5.59. The molecule has 4 aromatic rings. The number of halogens is 2. The fourth-order valence-electron chi connectivity index (χ4n) is 4.98. The van der Waals surface area contributed by atoms with Gasteiger partial charge in [0.25, 0.3) is 0 Å². The van der Waals surface area contributed by atoms with Crippen LogP contribution in [0.2, 0.25) is 0 Å². The normalized spacial score (nSPS) is 14.3. The lowest BCUT2D eigenvalue weighted by molar-refractivity contribution is -0.138. The molecule has 1 aliphatic heterocycles. The summed E-state index contributed by atoms with van der Waals surface area (Å²) in [6.07, 6.45) is 1.60. The Morgan fingerprint density at radius 2 is 1.86 bits per heavy atom.